The Kier molecular flexibility index (Phi) is 3.98. The van der Waals surface area contributed by atoms with E-state index in [4.69, 9.17) is 5.73 Å². The number of aromatic nitrogens is 1. The third-order valence-electron chi connectivity index (χ3n) is 1.82. The van der Waals surface area contributed by atoms with Gasteiger partial charge in [0.25, 0.3) is 0 Å². The molecule has 0 spiro atoms. The molecule has 0 radical (unpaired) electrons. The van der Waals surface area contributed by atoms with Crippen LogP contribution in [0.3, 0.4) is 0 Å². The number of nitrogens with one attached hydrogen (secondary N) is 1. The molecule has 0 aromatic carbocycles. The van der Waals surface area contributed by atoms with Gasteiger partial charge in [-0.05, 0) is 22.9 Å². The first-order chi connectivity index (χ1) is 7.06. The van der Waals surface area contributed by atoms with Crippen LogP contribution < -0.4 is 11.1 Å². The quantitative estimate of drug-likeness (QED) is 0.641. The van der Waals surface area contributed by atoms with Gasteiger partial charge in [-0.25, -0.2) is 0 Å². The molecule has 0 amide bonds. The first-order valence-electron chi connectivity index (χ1n) is 4.30. The molecule has 7 heteroatoms. The van der Waals surface area contributed by atoms with E-state index in [2.05, 4.69) is 26.2 Å². The van der Waals surface area contributed by atoms with Crippen molar-refractivity contribution in [3.05, 3.63) is 27.0 Å². The predicted octanol–water partition coefficient (Wildman–Crippen LogP) is 1.51. The van der Waals surface area contributed by atoms with Crippen LogP contribution in [0.2, 0.25) is 0 Å². The van der Waals surface area contributed by atoms with Crippen LogP contribution in [-0.4, -0.2) is 22.5 Å². The van der Waals surface area contributed by atoms with E-state index in [9.17, 15) is 10.1 Å². The molecule has 0 aliphatic carbocycles. The van der Waals surface area contributed by atoms with Crippen molar-refractivity contribution in [1.82, 2.24) is 4.98 Å². The molecule has 1 rings (SSSR count). The standard InChI is InChI=1S/C8H11BrN4O2/c1-5(2-10)12-8-6(9)3-11-4-7(8)13(14)15/h3-5H,2,10H2,1H3,(H,11,12). The number of hydrogen-bond donors (Lipinski definition) is 2. The van der Waals surface area contributed by atoms with E-state index in [1.807, 2.05) is 6.92 Å². The maximum atomic E-state index is 10.7. The molecule has 3 N–H and O–H groups in total. The van der Waals surface area contributed by atoms with Crippen LogP contribution in [0.1, 0.15) is 6.92 Å². The second-order valence-electron chi connectivity index (χ2n) is 3.05. The predicted molar refractivity (Wildman–Crippen MR) is 60.7 cm³/mol. The van der Waals surface area contributed by atoms with Gasteiger partial charge in [0, 0.05) is 18.8 Å². The summed E-state index contributed by atoms with van der Waals surface area (Å²) in [7, 11) is 0. The molecule has 1 heterocycles. The number of nitrogens with zero attached hydrogens (tertiary/aromatic N) is 2. The fourth-order valence-electron chi connectivity index (χ4n) is 1.01. The van der Waals surface area contributed by atoms with Crippen LogP contribution in [0.15, 0.2) is 16.9 Å². The molecule has 0 aliphatic heterocycles. The zero-order chi connectivity index (χ0) is 11.4. The summed E-state index contributed by atoms with van der Waals surface area (Å²) >= 11 is 3.20. The van der Waals surface area contributed by atoms with Gasteiger partial charge in [-0.1, -0.05) is 0 Å². The molecule has 0 aliphatic rings. The van der Waals surface area contributed by atoms with Crippen molar-refractivity contribution in [1.29, 1.82) is 0 Å². The highest BCUT2D eigenvalue weighted by molar-refractivity contribution is 9.10. The molecule has 82 valence electrons. The molecule has 6 nitrogen and oxygen atoms in total. The van der Waals surface area contributed by atoms with Gasteiger partial charge in [-0.2, -0.15) is 0 Å². The van der Waals surface area contributed by atoms with Gasteiger partial charge in [-0.15, -0.1) is 0 Å². The molecule has 1 aromatic rings. The summed E-state index contributed by atoms with van der Waals surface area (Å²) in [6.45, 7) is 2.24. The lowest BCUT2D eigenvalue weighted by Crippen LogP contribution is -2.25. The second-order valence-corrected chi connectivity index (χ2v) is 3.91. The van der Waals surface area contributed by atoms with Crippen molar-refractivity contribution < 1.29 is 4.92 Å². The Labute approximate surface area is 95.2 Å². The van der Waals surface area contributed by atoms with Crippen LogP contribution in [0, 0.1) is 10.1 Å². The molecule has 1 atom stereocenters. The van der Waals surface area contributed by atoms with Crippen molar-refractivity contribution >= 4 is 27.3 Å². The van der Waals surface area contributed by atoms with Crippen LogP contribution in [0.5, 0.6) is 0 Å². The van der Waals surface area contributed by atoms with Gasteiger partial charge >= 0.3 is 5.69 Å². The highest BCUT2D eigenvalue weighted by Gasteiger charge is 2.18. The number of nitrogens with two attached hydrogens (primary N) is 1. The highest BCUT2D eigenvalue weighted by atomic mass is 79.9. The summed E-state index contributed by atoms with van der Waals surface area (Å²) in [5, 5.41) is 13.7. The van der Waals surface area contributed by atoms with Crippen molar-refractivity contribution in [2.24, 2.45) is 5.73 Å². The van der Waals surface area contributed by atoms with Crippen LogP contribution in [-0.2, 0) is 0 Å². The lowest BCUT2D eigenvalue weighted by Gasteiger charge is -2.13. The maximum Gasteiger partial charge on any atom is 0.311 e. The van der Waals surface area contributed by atoms with Gasteiger partial charge in [0.1, 0.15) is 11.9 Å². The normalized spacial score (nSPS) is 12.2. The molecule has 0 saturated heterocycles. The first kappa shape index (κ1) is 11.9. The Morgan fingerprint density at radius 3 is 2.93 bits per heavy atom. The van der Waals surface area contributed by atoms with Gasteiger partial charge in [0.05, 0.1) is 9.40 Å². The van der Waals surface area contributed by atoms with Gasteiger partial charge in [0.15, 0.2) is 0 Å². The maximum absolute atomic E-state index is 10.7. The van der Waals surface area contributed by atoms with Gasteiger partial charge < -0.3 is 11.1 Å². The SMILES string of the molecule is CC(CN)Nc1c(Br)cncc1[N+](=O)[O-]. The molecule has 1 aromatic heterocycles. The van der Waals surface area contributed by atoms with Crippen molar-refractivity contribution in [2.45, 2.75) is 13.0 Å². The van der Waals surface area contributed by atoms with E-state index >= 15 is 0 Å². The summed E-state index contributed by atoms with van der Waals surface area (Å²) in [6, 6.07) is -0.0394. The summed E-state index contributed by atoms with van der Waals surface area (Å²) in [4.78, 5) is 14.0. The van der Waals surface area contributed by atoms with Crippen LogP contribution in [0.4, 0.5) is 11.4 Å². The molecule has 0 fully saturated rings. The van der Waals surface area contributed by atoms with Gasteiger partial charge in [-0.3, -0.25) is 15.1 Å². The van der Waals surface area contributed by atoms with E-state index in [1.165, 1.54) is 12.4 Å². The Hall–Kier alpha value is -1.21. The summed E-state index contributed by atoms with van der Waals surface area (Å²) in [5.41, 5.74) is 5.78. The lowest BCUT2D eigenvalue weighted by atomic mass is 10.3. The lowest BCUT2D eigenvalue weighted by molar-refractivity contribution is -0.384. The average Bonchev–Trinajstić information content (AvgIpc) is 2.20. The largest absolute Gasteiger partial charge is 0.375 e. The number of pyridine rings is 1. The average molecular weight is 275 g/mol. The molecule has 1 unspecified atom stereocenters. The fourth-order valence-corrected chi connectivity index (χ4v) is 1.45. The highest BCUT2D eigenvalue weighted by Crippen LogP contribution is 2.31. The minimum absolute atomic E-state index is 0.0394. The topological polar surface area (TPSA) is 94.1 Å². The van der Waals surface area contributed by atoms with E-state index in [0.29, 0.717) is 16.7 Å². The fraction of sp³-hybridized carbons (Fsp3) is 0.375. The van der Waals surface area contributed by atoms with Crippen molar-refractivity contribution in [3.63, 3.8) is 0 Å². The van der Waals surface area contributed by atoms with Crippen molar-refractivity contribution in [3.8, 4) is 0 Å². The van der Waals surface area contributed by atoms with Gasteiger partial charge in [0.2, 0.25) is 0 Å². The Morgan fingerprint density at radius 2 is 2.40 bits per heavy atom. The number of anilines is 1. The summed E-state index contributed by atoms with van der Waals surface area (Å²) < 4.78 is 0.553. The Balaban J connectivity index is 3.07. The van der Waals surface area contributed by atoms with E-state index in [0.717, 1.165) is 0 Å². The summed E-state index contributed by atoms with van der Waals surface area (Å²) in [6.07, 6.45) is 2.70. The minimum Gasteiger partial charge on any atom is -0.375 e. The molecule has 15 heavy (non-hydrogen) atoms. The zero-order valence-electron chi connectivity index (χ0n) is 8.11. The second kappa shape index (κ2) is 5.04. The number of halogens is 1. The smallest absolute Gasteiger partial charge is 0.311 e. The monoisotopic (exact) mass is 274 g/mol. The minimum atomic E-state index is -0.483. The van der Waals surface area contributed by atoms with Crippen LogP contribution >= 0.6 is 15.9 Å². The number of nitro groups is 1. The molecule has 0 saturated carbocycles. The zero-order valence-corrected chi connectivity index (χ0v) is 9.69. The molecular formula is C8H11BrN4O2. The third kappa shape index (κ3) is 2.87. The molecule has 0 bridgehead atoms. The van der Waals surface area contributed by atoms with E-state index in [-0.39, 0.29) is 11.7 Å². The Morgan fingerprint density at radius 1 is 1.73 bits per heavy atom. The third-order valence-corrected chi connectivity index (χ3v) is 2.42. The van der Waals surface area contributed by atoms with Crippen molar-refractivity contribution in [2.75, 3.05) is 11.9 Å². The first-order valence-corrected chi connectivity index (χ1v) is 5.10. The van der Waals surface area contributed by atoms with Crippen LogP contribution in [0.25, 0.3) is 0 Å². The van der Waals surface area contributed by atoms with E-state index in [1.54, 1.807) is 0 Å². The molecular weight excluding hydrogens is 264 g/mol. The van der Waals surface area contributed by atoms with E-state index < -0.39 is 4.92 Å². The number of hydrogen-bond acceptors (Lipinski definition) is 5. The summed E-state index contributed by atoms with van der Waals surface area (Å²) in [5.74, 6) is 0. The number of rotatable bonds is 4. The Bertz CT molecular complexity index is 372.